The molecular formula is C19H28N2. The van der Waals surface area contributed by atoms with Crippen LogP contribution < -0.4 is 10.2 Å². The van der Waals surface area contributed by atoms with Gasteiger partial charge in [0, 0.05) is 30.9 Å². The van der Waals surface area contributed by atoms with Gasteiger partial charge >= 0.3 is 0 Å². The number of rotatable bonds is 4. The lowest BCUT2D eigenvalue weighted by Gasteiger charge is -2.34. The number of hydrogen-bond acceptors (Lipinski definition) is 2. The summed E-state index contributed by atoms with van der Waals surface area (Å²) >= 11 is 0. The van der Waals surface area contributed by atoms with Gasteiger partial charge in [-0.15, -0.1) is 0 Å². The van der Waals surface area contributed by atoms with E-state index < -0.39 is 0 Å². The van der Waals surface area contributed by atoms with E-state index in [1.807, 2.05) is 0 Å². The van der Waals surface area contributed by atoms with Gasteiger partial charge in [-0.1, -0.05) is 30.5 Å². The molecule has 2 heteroatoms. The molecule has 21 heavy (non-hydrogen) atoms. The molecule has 2 nitrogen and oxygen atoms in total. The number of nitrogens with one attached hydrogen (secondary N) is 1. The molecule has 1 N–H and O–H groups in total. The lowest BCUT2D eigenvalue weighted by molar-refractivity contribution is 0.342. The first kappa shape index (κ1) is 13.6. The third-order valence-electron chi connectivity index (χ3n) is 5.71. The Morgan fingerprint density at radius 3 is 2.81 bits per heavy atom. The number of anilines is 1. The second-order valence-corrected chi connectivity index (χ2v) is 7.38. The Balaban J connectivity index is 1.57. The van der Waals surface area contributed by atoms with E-state index in [1.165, 1.54) is 68.3 Å². The van der Waals surface area contributed by atoms with Crippen molar-refractivity contribution in [3.8, 4) is 0 Å². The van der Waals surface area contributed by atoms with E-state index in [2.05, 4.69) is 35.3 Å². The first-order valence-corrected chi connectivity index (χ1v) is 8.91. The molecule has 1 aromatic rings. The standard InChI is InChI=1S/C19H28N2/c1-14-6-9-19(16(12-14)13-20-17-7-8-17)21-11-10-15-4-2-3-5-18(15)21/h6,9,12,15,17-18,20H,2-5,7-8,10-11,13H2,1H3. The molecule has 2 atom stereocenters. The molecule has 1 heterocycles. The van der Waals surface area contributed by atoms with E-state index in [4.69, 9.17) is 0 Å². The van der Waals surface area contributed by atoms with E-state index >= 15 is 0 Å². The molecule has 0 radical (unpaired) electrons. The van der Waals surface area contributed by atoms with Crippen LogP contribution in [0.1, 0.15) is 56.1 Å². The Hall–Kier alpha value is -1.02. The van der Waals surface area contributed by atoms with Crippen molar-refractivity contribution in [3.63, 3.8) is 0 Å². The highest BCUT2D eigenvalue weighted by atomic mass is 15.2. The molecule has 1 aliphatic heterocycles. The molecule has 2 aliphatic carbocycles. The van der Waals surface area contributed by atoms with Crippen molar-refractivity contribution in [2.75, 3.05) is 11.4 Å². The molecule has 0 spiro atoms. The van der Waals surface area contributed by atoms with Crippen molar-refractivity contribution in [1.82, 2.24) is 5.32 Å². The summed E-state index contributed by atoms with van der Waals surface area (Å²) in [4.78, 5) is 2.74. The van der Waals surface area contributed by atoms with Crippen LogP contribution in [0.15, 0.2) is 18.2 Å². The van der Waals surface area contributed by atoms with E-state index in [9.17, 15) is 0 Å². The maximum absolute atomic E-state index is 3.71. The zero-order valence-electron chi connectivity index (χ0n) is 13.3. The number of fused-ring (bicyclic) bond motifs is 1. The van der Waals surface area contributed by atoms with Crippen LogP contribution >= 0.6 is 0 Å². The molecule has 3 fully saturated rings. The molecule has 2 unspecified atom stereocenters. The third kappa shape index (κ3) is 2.83. The van der Waals surface area contributed by atoms with Crippen molar-refractivity contribution in [1.29, 1.82) is 0 Å². The topological polar surface area (TPSA) is 15.3 Å². The highest BCUT2D eigenvalue weighted by molar-refractivity contribution is 5.57. The van der Waals surface area contributed by atoms with Gasteiger partial charge in [-0.3, -0.25) is 0 Å². The number of aryl methyl sites for hydroxylation is 1. The van der Waals surface area contributed by atoms with Crippen molar-refractivity contribution in [3.05, 3.63) is 29.3 Å². The SMILES string of the molecule is Cc1ccc(N2CCC3CCCCC32)c(CNC2CC2)c1. The highest BCUT2D eigenvalue weighted by Crippen LogP contribution is 2.40. The van der Waals surface area contributed by atoms with Crippen LogP contribution in [-0.4, -0.2) is 18.6 Å². The van der Waals surface area contributed by atoms with Crippen LogP contribution in [0.4, 0.5) is 5.69 Å². The smallest absolute Gasteiger partial charge is 0.0414 e. The quantitative estimate of drug-likeness (QED) is 0.898. The summed E-state index contributed by atoms with van der Waals surface area (Å²) in [6.45, 7) is 4.54. The number of benzene rings is 1. The normalized spacial score (nSPS) is 28.7. The second-order valence-electron chi connectivity index (χ2n) is 7.38. The minimum Gasteiger partial charge on any atom is -0.368 e. The van der Waals surface area contributed by atoms with Gasteiger partial charge in [0.2, 0.25) is 0 Å². The first-order valence-electron chi connectivity index (χ1n) is 8.91. The monoisotopic (exact) mass is 284 g/mol. The summed E-state index contributed by atoms with van der Waals surface area (Å²) in [7, 11) is 0. The average molecular weight is 284 g/mol. The van der Waals surface area contributed by atoms with Gasteiger partial charge in [0.15, 0.2) is 0 Å². The van der Waals surface area contributed by atoms with Crippen LogP contribution in [0.3, 0.4) is 0 Å². The summed E-state index contributed by atoms with van der Waals surface area (Å²) in [6.07, 6.45) is 9.91. The molecular weight excluding hydrogens is 256 g/mol. The largest absolute Gasteiger partial charge is 0.368 e. The van der Waals surface area contributed by atoms with Gasteiger partial charge in [0.05, 0.1) is 0 Å². The van der Waals surface area contributed by atoms with Gasteiger partial charge in [0.25, 0.3) is 0 Å². The number of hydrogen-bond donors (Lipinski definition) is 1. The summed E-state index contributed by atoms with van der Waals surface area (Å²) in [5, 5.41) is 3.71. The van der Waals surface area contributed by atoms with Crippen molar-refractivity contribution >= 4 is 5.69 Å². The second kappa shape index (κ2) is 5.64. The fourth-order valence-corrected chi connectivity index (χ4v) is 4.38. The lowest BCUT2D eigenvalue weighted by Crippen LogP contribution is -2.35. The molecule has 1 saturated heterocycles. The Morgan fingerprint density at radius 2 is 1.95 bits per heavy atom. The Labute approximate surface area is 128 Å². The zero-order chi connectivity index (χ0) is 14.2. The maximum atomic E-state index is 3.71. The molecule has 4 rings (SSSR count). The zero-order valence-corrected chi connectivity index (χ0v) is 13.3. The molecule has 3 aliphatic rings. The fourth-order valence-electron chi connectivity index (χ4n) is 4.38. The summed E-state index contributed by atoms with van der Waals surface area (Å²) in [6, 6.07) is 8.70. The Morgan fingerprint density at radius 1 is 1.10 bits per heavy atom. The van der Waals surface area contributed by atoms with Crippen LogP contribution in [-0.2, 0) is 6.54 Å². The fraction of sp³-hybridized carbons (Fsp3) is 0.684. The average Bonchev–Trinajstić information content (AvgIpc) is 3.24. The van der Waals surface area contributed by atoms with Crippen LogP contribution in [0, 0.1) is 12.8 Å². The third-order valence-corrected chi connectivity index (χ3v) is 5.71. The predicted molar refractivity (Wildman–Crippen MR) is 88.7 cm³/mol. The van der Waals surface area contributed by atoms with Gasteiger partial charge in [-0.05, 0) is 56.6 Å². The van der Waals surface area contributed by atoms with Gasteiger partial charge in [-0.2, -0.15) is 0 Å². The van der Waals surface area contributed by atoms with Crippen molar-refractivity contribution < 1.29 is 0 Å². The molecule has 0 aromatic heterocycles. The molecule has 2 saturated carbocycles. The van der Waals surface area contributed by atoms with E-state index in [-0.39, 0.29) is 0 Å². The molecule has 0 amide bonds. The van der Waals surface area contributed by atoms with Crippen molar-refractivity contribution in [2.24, 2.45) is 5.92 Å². The summed E-state index contributed by atoms with van der Waals surface area (Å²) in [5.41, 5.74) is 4.43. The lowest BCUT2D eigenvalue weighted by atomic mass is 9.85. The van der Waals surface area contributed by atoms with E-state index in [0.29, 0.717) is 0 Å². The minimum absolute atomic E-state index is 0.791. The predicted octanol–water partition coefficient (Wildman–Crippen LogP) is 4.02. The van der Waals surface area contributed by atoms with Crippen molar-refractivity contribution in [2.45, 2.75) is 70.5 Å². The first-order chi connectivity index (χ1) is 10.3. The van der Waals surface area contributed by atoms with E-state index in [1.54, 1.807) is 0 Å². The Kier molecular flexibility index (Phi) is 3.66. The van der Waals surface area contributed by atoms with Gasteiger partial charge in [0.1, 0.15) is 0 Å². The number of nitrogens with zero attached hydrogens (tertiary/aromatic N) is 1. The molecule has 1 aromatic carbocycles. The van der Waals surface area contributed by atoms with Gasteiger partial charge < -0.3 is 10.2 Å². The van der Waals surface area contributed by atoms with Crippen LogP contribution in [0.5, 0.6) is 0 Å². The molecule has 0 bridgehead atoms. The van der Waals surface area contributed by atoms with Crippen LogP contribution in [0.25, 0.3) is 0 Å². The highest BCUT2D eigenvalue weighted by Gasteiger charge is 2.36. The minimum atomic E-state index is 0.791. The van der Waals surface area contributed by atoms with Gasteiger partial charge in [-0.25, -0.2) is 0 Å². The maximum Gasteiger partial charge on any atom is 0.0414 e. The Bertz CT molecular complexity index is 506. The van der Waals surface area contributed by atoms with Crippen LogP contribution in [0.2, 0.25) is 0 Å². The van der Waals surface area contributed by atoms with E-state index in [0.717, 1.165) is 24.5 Å². The molecule has 114 valence electrons. The summed E-state index contributed by atoms with van der Waals surface area (Å²) in [5.74, 6) is 0.962. The summed E-state index contributed by atoms with van der Waals surface area (Å²) < 4.78 is 0.